The van der Waals surface area contributed by atoms with Crippen molar-refractivity contribution in [2.24, 2.45) is 0 Å². The lowest BCUT2D eigenvalue weighted by Crippen LogP contribution is -2.23. The highest BCUT2D eigenvalue weighted by atomic mass is 35.5. The van der Waals surface area contributed by atoms with Crippen molar-refractivity contribution in [1.82, 2.24) is 0 Å². The molecule has 2 aromatic carbocycles. The fourth-order valence-corrected chi connectivity index (χ4v) is 1.74. The summed E-state index contributed by atoms with van der Waals surface area (Å²) in [5.74, 6) is -1.74. The zero-order chi connectivity index (χ0) is 13.8. The number of halogens is 2. The van der Waals surface area contributed by atoms with E-state index in [0.29, 0.717) is 16.1 Å². The first-order chi connectivity index (χ1) is 9.06. The van der Waals surface area contributed by atoms with Crippen molar-refractivity contribution >= 4 is 29.2 Å². The summed E-state index contributed by atoms with van der Waals surface area (Å²) < 4.78 is 12.8. The smallest absolute Gasteiger partial charge is 0.123 e. The number of carbonyl (C=O) groups is 1. The van der Waals surface area contributed by atoms with E-state index in [0.717, 1.165) is 0 Å². The first-order valence-electron chi connectivity index (χ1n) is 5.51. The van der Waals surface area contributed by atoms with E-state index in [9.17, 15) is 14.3 Å². The van der Waals surface area contributed by atoms with Gasteiger partial charge in [0.1, 0.15) is 5.82 Å². The molecule has 2 aromatic rings. The van der Waals surface area contributed by atoms with Crippen molar-refractivity contribution in [2.75, 3.05) is 0 Å². The second-order valence-corrected chi connectivity index (χ2v) is 4.34. The summed E-state index contributed by atoms with van der Waals surface area (Å²) in [6.07, 6.45) is 1.46. The van der Waals surface area contributed by atoms with Gasteiger partial charge in [-0.3, -0.25) is 0 Å². The van der Waals surface area contributed by atoms with Crippen LogP contribution in [0.4, 0.5) is 4.39 Å². The number of hydrogen-bond acceptors (Lipinski definition) is 2. The Balaban J connectivity index is 2.43. The third-order valence-corrected chi connectivity index (χ3v) is 2.81. The zero-order valence-corrected chi connectivity index (χ0v) is 10.5. The number of rotatable bonds is 3. The van der Waals surface area contributed by atoms with Crippen molar-refractivity contribution in [2.45, 2.75) is 0 Å². The Labute approximate surface area is 114 Å². The lowest BCUT2D eigenvalue weighted by molar-refractivity contribution is -0.295. The molecule has 0 spiro atoms. The van der Waals surface area contributed by atoms with Gasteiger partial charge in [-0.1, -0.05) is 35.9 Å². The van der Waals surface area contributed by atoms with Gasteiger partial charge in [-0.05, 0) is 41.5 Å². The van der Waals surface area contributed by atoms with Crippen molar-refractivity contribution in [3.05, 3.63) is 70.5 Å². The van der Waals surface area contributed by atoms with Crippen LogP contribution in [0.15, 0.2) is 48.5 Å². The van der Waals surface area contributed by atoms with Gasteiger partial charge in [0, 0.05) is 10.6 Å². The predicted molar refractivity (Wildman–Crippen MR) is 70.7 cm³/mol. The van der Waals surface area contributed by atoms with E-state index in [1.165, 1.54) is 30.3 Å². The summed E-state index contributed by atoms with van der Waals surface area (Å²) in [6, 6.07) is 11.9. The highest BCUT2D eigenvalue weighted by Crippen LogP contribution is 2.19. The molecule has 0 amide bonds. The minimum atomic E-state index is -1.32. The zero-order valence-electron chi connectivity index (χ0n) is 9.77. The van der Waals surface area contributed by atoms with Crippen LogP contribution in [-0.2, 0) is 4.79 Å². The predicted octanol–water partition coefficient (Wildman–Crippen LogP) is 2.77. The Morgan fingerprint density at radius 3 is 2.16 bits per heavy atom. The van der Waals surface area contributed by atoms with Gasteiger partial charge in [0.15, 0.2) is 0 Å². The van der Waals surface area contributed by atoms with Gasteiger partial charge in [0.05, 0.1) is 5.97 Å². The van der Waals surface area contributed by atoms with Crippen molar-refractivity contribution < 1.29 is 14.3 Å². The van der Waals surface area contributed by atoms with E-state index in [1.807, 2.05) is 0 Å². The maximum atomic E-state index is 12.8. The van der Waals surface area contributed by atoms with Gasteiger partial charge in [-0.15, -0.1) is 0 Å². The molecular formula is C15H9ClFO2-. The molecule has 4 heteroatoms. The minimum Gasteiger partial charge on any atom is -0.545 e. The normalized spacial score (nSPS) is 11.4. The Morgan fingerprint density at radius 2 is 1.63 bits per heavy atom. The van der Waals surface area contributed by atoms with Crippen LogP contribution in [-0.4, -0.2) is 5.97 Å². The van der Waals surface area contributed by atoms with Crippen LogP contribution in [0.3, 0.4) is 0 Å². The molecule has 0 fully saturated rings. The Kier molecular flexibility index (Phi) is 3.97. The molecule has 0 saturated carbocycles. The molecule has 0 N–H and O–H groups in total. The van der Waals surface area contributed by atoms with Gasteiger partial charge < -0.3 is 9.90 Å². The fraction of sp³-hybridized carbons (Fsp3) is 0. The Bertz CT molecular complexity index is 616. The number of hydrogen-bond donors (Lipinski definition) is 0. The Hall–Kier alpha value is -2.13. The van der Waals surface area contributed by atoms with Crippen LogP contribution in [0.25, 0.3) is 11.6 Å². The van der Waals surface area contributed by atoms with E-state index in [1.54, 1.807) is 24.3 Å². The average molecular weight is 276 g/mol. The minimum absolute atomic E-state index is 0.0117. The first-order valence-corrected chi connectivity index (χ1v) is 5.88. The van der Waals surface area contributed by atoms with Crippen molar-refractivity contribution in [1.29, 1.82) is 0 Å². The molecule has 2 nitrogen and oxygen atoms in total. The number of aliphatic carboxylic acids is 1. The maximum Gasteiger partial charge on any atom is 0.123 e. The highest BCUT2D eigenvalue weighted by molar-refractivity contribution is 6.30. The molecule has 0 radical (unpaired) electrons. The molecule has 0 aliphatic heterocycles. The van der Waals surface area contributed by atoms with Crippen molar-refractivity contribution in [3.8, 4) is 0 Å². The SMILES string of the molecule is O=C([O-])/C(=C/c1ccc(Cl)cc1)c1ccc(F)cc1. The van der Waals surface area contributed by atoms with Gasteiger partial charge in [0.25, 0.3) is 0 Å². The number of carboxylic acid groups (broad SMARTS) is 1. The van der Waals surface area contributed by atoms with E-state index in [4.69, 9.17) is 11.6 Å². The summed E-state index contributed by atoms with van der Waals surface area (Å²) in [6.45, 7) is 0. The van der Waals surface area contributed by atoms with Crippen molar-refractivity contribution in [3.63, 3.8) is 0 Å². The van der Waals surface area contributed by atoms with Gasteiger partial charge >= 0.3 is 0 Å². The second kappa shape index (κ2) is 5.67. The van der Waals surface area contributed by atoms with Crippen LogP contribution < -0.4 is 5.11 Å². The topological polar surface area (TPSA) is 40.1 Å². The van der Waals surface area contributed by atoms with E-state index >= 15 is 0 Å². The summed E-state index contributed by atoms with van der Waals surface area (Å²) in [7, 11) is 0. The van der Waals surface area contributed by atoms with Gasteiger partial charge in [0.2, 0.25) is 0 Å². The molecule has 0 bridgehead atoms. The number of carbonyl (C=O) groups excluding carboxylic acids is 1. The fourth-order valence-electron chi connectivity index (χ4n) is 1.62. The second-order valence-electron chi connectivity index (χ2n) is 3.90. The summed E-state index contributed by atoms with van der Waals surface area (Å²) in [4.78, 5) is 11.2. The third-order valence-electron chi connectivity index (χ3n) is 2.56. The Morgan fingerprint density at radius 1 is 1.05 bits per heavy atom. The highest BCUT2D eigenvalue weighted by Gasteiger charge is 2.03. The van der Waals surface area contributed by atoms with Crippen LogP contribution in [0.5, 0.6) is 0 Å². The average Bonchev–Trinajstić information content (AvgIpc) is 2.39. The van der Waals surface area contributed by atoms with Crippen LogP contribution >= 0.6 is 11.6 Å². The monoisotopic (exact) mass is 275 g/mol. The molecule has 0 atom stereocenters. The molecule has 0 aromatic heterocycles. The quantitative estimate of drug-likeness (QED) is 0.638. The standard InChI is InChI=1S/C15H10ClFO2/c16-12-5-1-10(2-6-12)9-14(15(18)19)11-3-7-13(17)8-4-11/h1-9H,(H,18,19)/p-1/b14-9+. The van der Waals surface area contributed by atoms with E-state index in [2.05, 4.69) is 0 Å². The number of carboxylic acids is 1. The molecule has 19 heavy (non-hydrogen) atoms. The van der Waals surface area contributed by atoms with Crippen LogP contribution in [0.2, 0.25) is 5.02 Å². The van der Waals surface area contributed by atoms with Crippen LogP contribution in [0, 0.1) is 5.82 Å². The molecule has 2 rings (SSSR count). The summed E-state index contributed by atoms with van der Waals surface area (Å²) >= 11 is 5.75. The molecule has 0 heterocycles. The van der Waals surface area contributed by atoms with Crippen LogP contribution in [0.1, 0.15) is 11.1 Å². The van der Waals surface area contributed by atoms with Gasteiger partial charge in [-0.2, -0.15) is 0 Å². The lowest BCUT2D eigenvalue weighted by atomic mass is 10.0. The van der Waals surface area contributed by atoms with E-state index in [-0.39, 0.29) is 5.57 Å². The molecule has 96 valence electrons. The summed E-state index contributed by atoms with van der Waals surface area (Å²) in [5, 5.41) is 11.7. The lowest BCUT2D eigenvalue weighted by Gasteiger charge is -2.09. The molecule has 0 unspecified atom stereocenters. The van der Waals surface area contributed by atoms with E-state index < -0.39 is 11.8 Å². The number of benzene rings is 2. The molecule has 0 saturated heterocycles. The third kappa shape index (κ3) is 3.42. The maximum absolute atomic E-state index is 12.8. The molecule has 0 aliphatic carbocycles. The summed E-state index contributed by atoms with van der Waals surface area (Å²) in [5.41, 5.74) is 1.05. The first kappa shape index (κ1) is 13.3. The van der Waals surface area contributed by atoms with Gasteiger partial charge in [-0.25, -0.2) is 4.39 Å². The largest absolute Gasteiger partial charge is 0.545 e. The molecular weight excluding hydrogens is 267 g/mol. The molecule has 0 aliphatic rings.